The molecule has 0 atom stereocenters. The van der Waals surface area contributed by atoms with Crippen LogP contribution in [-0.2, 0) is 56.0 Å². The van der Waals surface area contributed by atoms with E-state index in [4.69, 9.17) is 0 Å². The Labute approximate surface area is 434 Å². The molecule has 0 aliphatic heterocycles. The fourth-order valence-corrected chi connectivity index (χ4v) is 8.96. The van der Waals surface area contributed by atoms with Crippen LogP contribution in [0.4, 0.5) is 105 Å². The third kappa shape index (κ3) is 13.3. The average molecular weight is 1160 g/mol. The second-order valence-electron chi connectivity index (χ2n) is 17.9. The molecule has 0 bridgehead atoms. The molecular weight excluding hydrogens is 1130 g/mol. The fraction of sp³-hybridized carbons (Fsp3) is 0.170. The Kier molecular flexibility index (Phi) is 15.8. The highest BCUT2D eigenvalue weighted by atomic mass is 19.4. The monoisotopic (exact) mass is 1160 g/mol. The predicted octanol–water partition coefficient (Wildman–Crippen LogP) is 15.5. The van der Waals surface area contributed by atoms with E-state index >= 15 is 0 Å². The summed E-state index contributed by atoms with van der Waals surface area (Å²) >= 11 is 0. The summed E-state index contributed by atoms with van der Waals surface area (Å²) in [6.07, 6.45) is -49.0. The molecule has 7 aromatic carbocycles. The molecule has 0 aliphatic rings. The molecule has 0 unspecified atom stereocenters. The van der Waals surface area contributed by atoms with Crippen molar-refractivity contribution in [1.82, 2.24) is 4.98 Å². The molecule has 0 amide bonds. The second-order valence-corrected chi connectivity index (χ2v) is 17.9. The Morgan fingerprint density at radius 3 is 0.938 bits per heavy atom. The van der Waals surface area contributed by atoms with Gasteiger partial charge in [0.25, 0.3) is 0 Å². The largest absolute Gasteiger partial charge is 0.416 e. The minimum atomic E-state index is -6.13. The Morgan fingerprint density at radius 2 is 0.625 bits per heavy atom. The van der Waals surface area contributed by atoms with E-state index in [1.807, 2.05) is 24.7 Å². The number of hydrogen-bond donors (Lipinski definition) is 0. The molecule has 8 aromatic rings. The Bertz CT molecular complexity index is 3090. The molecule has 8 rings (SSSR count). The van der Waals surface area contributed by atoms with Crippen molar-refractivity contribution in [2.24, 2.45) is 0 Å². The fourth-order valence-electron chi connectivity index (χ4n) is 8.96. The van der Waals surface area contributed by atoms with E-state index < -0.39 is 195 Å². The molecule has 0 N–H and O–H groups in total. The molecule has 80 heavy (non-hydrogen) atoms. The van der Waals surface area contributed by atoms with Crippen LogP contribution in [0.15, 0.2) is 164 Å². The summed E-state index contributed by atoms with van der Waals surface area (Å²) in [4.78, 5) is 4.32. The summed E-state index contributed by atoms with van der Waals surface area (Å²) in [7, 11) is 0. The molecule has 1 aromatic heterocycles. The van der Waals surface area contributed by atoms with Crippen LogP contribution >= 0.6 is 0 Å². The van der Waals surface area contributed by atoms with Gasteiger partial charge in [0, 0.05) is 11.1 Å². The summed E-state index contributed by atoms with van der Waals surface area (Å²) < 4.78 is 343. The number of halogens is 24. The van der Waals surface area contributed by atoms with Crippen LogP contribution < -0.4 is 26.4 Å². The predicted molar refractivity (Wildman–Crippen MR) is 243 cm³/mol. The minimum Gasteiger partial charge on any atom is -0.252 e. The number of fused-ring (bicyclic) bond motifs is 1. The average Bonchev–Trinajstić information content (AvgIpc) is 3.03. The van der Waals surface area contributed by atoms with Crippen LogP contribution in [0.3, 0.4) is 0 Å². The zero-order chi connectivity index (χ0) is 59.4. The van der Waals surface area contributed by atoms with E-state index in [1.54, 1.807) is 0 Å². The number of rotatable bonds is 7. The van der Waals surface area contributed by atoms with Gasteiger partial charge in [-0.1, -0.05) is 109 Å². The zero-order valence-corrected chi connectivity index (χ0v) is 39.3. The lowest BCUT2D eigenvalue weighted by Crippen LogP contribution is -2.75. The topological polar surface area (TPSA) is 16.8 Å². The third-order valence-electron chi connectivity index (χ3n) is 12.5. The maximum absolute atomic E-state index is 14.2. The molecule has 1 heterocycles. The van der Waals surface area contributed by atoms with Crippen molar-refractivity contribution in [2.75, 3.05) is 0 Å². The quantitative estimate of drug-likeness (QED) is 0.0883. The molecular formula is C53H29BF24N2. The van der Waals surface area contributed by atoms with Crippen LogP contribution in [0.5, 0.6) is 0 Å². The van der Waals surface area contributed by atoms with Gasteiger partial charge in [0.15, 0.2) is 12.7 Å². The highest BCUT2D eigenvalue weighted by Gasteiger charge is 2.47. The first kappa shape index (κ1) is 59.9. The van der Waals surface area contributed by atoms with Crippen molar-refractivity contribution in [3.05, 3.63) is 214 Å². The summed E-state index contributed by atoms with van der Waals surface area (Å²) in [5.74, 6) is 0. The van der Waals surface area contributed by atoms with E-state index in [9.17, 15) is 105 Å². The third-order valence-corrected chi connectivity index (χ3v) is 12.5. The first-order valence-electron chi connectivity index (χ1n) is 22.4. The number of benzene rings is 7. The molecule has 2 nitrogen and oxygen atoms in total. The van der Waals surface area contributed by atoms with E-state index in [1.165, 1.54) is 21.9 Å². The second kappa shape index (κ2) is 21.1. The molecule has 0 aliphatic carbocycles. The van der Waals surface area contributed by atoms with E-state index in [0.717, 1.165) is 12.2 Å². The van der Waals surface area contributed by atoms with Gasteiger partial charge in [-0.3, -0.25) is 4.98 Å². The van der Waals surface area contributed by atoms with Crippen molar-refractivity contribution < 1.29 is 110 Å². The van der Waals surface area contributed by atoms with Gasteiger partial charge < -0.3 is 0 Å². The smallest absolute Gasteiger partial charge is 0.252 e. The SMILES string of the molecule is FC(F)(F)c1cc([B-](c2cc(C(F)(F)F)cc(C(F)(F)F)c2)(c2cc(C(F)(F)F)cc(C(F)(F)F)c2)c2cc(C(F)(F)F)cc(C(F)(F)F)c2)cc(C(F)(F)F)c1.c1ccc(C[n+]2ccncc2-c2ccc3ccccc3c2)cc1. The van der Waals surface area contributed by atoms with Crippen molar-refractivity contribution in [3.8, 4) is 11.3 Å². The van der Waals surface area contributed by atoms with Crippen LogP contribution in [0, 0.1) is 0 Å². The number of alkyl halides is 24. The standard InChI is InChI=1S/C32H12BF24.C21H17N2/c34-25(35,36)13-1-14(26(37,38)39)6-21(5-13)33(22-7-15(27(40,41)42)2-16(8-22)28(43,44)45,23-9-17(29(46,47)48)3-18(10-23)30(49,50)51)24-11-19(31(52,53)54)4-20(12-24)32(55,56)57;1-2-6-17(7-3-1)16-23-13-12-22-15-21(23)20-11-10-18-8-4-5-9-19(18)14-20/h1-12H;1-15H,16H2/q-1;+1. The van der Waals surface area contributed by atoms with Gasteiger partial charge in [-0.15, -0.1) is 0 Å². The van der Waals surface area contributed by atoms with Crippen molar-refractivity contribution in [1.29, 1.82) is 0 Å². The lowest BCUT2D eigenvalue weighted by atomic mass is 9.12. The van der Waals surface area contributed by atoms with Gasteiger partial charge in [-0.25, -0.2) is 0 Å². The summed E-state index contributed by atoms with van der Waals surface area (Å²) in [5.41, 5.74) is -26.6. The van der Waals surface area contributed by atoms with Crippen LogP contribution in [0.1, 0.15) is 50.1 Å². The van der Waals surface area contributed by atoms with Crippen molar-refractivity contribution in [3.63, 3.8) is 0 Å². The maximum Gasteiger partial charge on any atom is 0.416 e. The normalized spacial score (nSPS) is 13.3. The zero-order valence-electron chi connectivity index (χ0n) is 39.3. The minimum absolute atomic E-state index is 0.691. The summed E-state index contributed by atoms with van der Waals surface area (Å²) in [6, 6.07) is 16.7. The van der Waals surface area contributed by atoms with Gasteiger partial charge >= 0.3 is 49.4 Å². The number of aromatic nitrogens is 2. The Hall–Kier alpha value is -7.74. The lowest BCUT2D eigenvalue weighted by molar-refractivity contribution is -0.678. The van der Waals surface area contributed by atoms with Gasteiger partial charge in [-0.05, 0) is 47.2 Å². The first-order chi connectivity index (χ1) is 36.7. The van der Waals surface area contributed by atoms with Crippen LogP contribution in [0.2, 0.25) is 0 Å². The van der Waals surface area contributed by atoms with Gasteiger partial charge in [-0.2, -0.15) is 132 Å². The highest BCUT2D eigenvalue weighted by Crippen LogP contribution is 2.41. The van der Waals surface area contributed by atoms with Gasteiger partial charge in [0.1, 0.15) is 6.15 Å². The molecule has 422 valence electrons. The van der Waals surface area contributed by atoms with Gasteiger partial charge in [0.2, 0.25) is 5.69 Å². The number of hydrogen-bond acceptors (Lipinski definition) is 1. The maximum atomic E-state index is 14.2. The Morgan fingerprint density at radius 1 is 0.325 bits per heavy atom. The molecule has 27 heteroatoms. The lowest BCUT2D eigenvalue weighted by Gasteiger charge is -2.46. The van der Waals surface area contributed by atoms with Crippen molar-refractivity contribution >= 4 is 38.8 Å². The van der Waals surface area contributed by atoms with E-state index in [2.05, 4.69) is 76.3 Å². The van der Waals surface area contributed by atoms with E-state index in [-0.39, 0.29) is 0 Å². The first-order valence-corrected chi connectivity index (χ1v) is 22.4. The molecule has 0 saturated carbocycles. The van der Waals surface area contributed by atoms with Crippen molar-refractivity contribution in [2.45, 2.75) is 56.0 Å². The summed E-state index contributed by atoms with van der Waals surface area (Å²) in [5, 5.41) is 2.51. The molecule has 0 radical (unpaired) electrons. The Balaban J connectivity index is 0.000000329. The molecule has 0 saturated heterocycles. The highest BCUT2D eigenvalue weighted by molar-refractivity contribution is 7.20. The van der Waals surface area contributed by atoms with E-state index in [0.29, 0.717) is 0 Å². The van der Waals surface area contributed by atoms with Gasteiger partial charge in [0.05, 0.1) is 56.9 Å². The number of nitrogens with zero attached hydrogens (tertiary/aromatic N) is 2. The molecule has 0 fully saturated rings. The molecule has 0 spiro atoms. The van der Waals surface area contributed by atoms with Crippen LogP contribution in [-0.4, -0.2) is 11.1 Å². The summed E-state index contributed by atoms with van der Waals surface area (Å²) in [6.45, 7) is 0.839. The van der Waals surface area contributed by atoms with Crippen LogP contribution in [0.25, 0.3) is 22.0 Å².